The molecule has 0 spiro atoms. The summed E-state index contributed by atoms with van der Waals surface area (Å²) >= 11 is 4.66. The van der Waals surface area contributed by atoms with Crippen LogP contribution < -0.4 is 11.1 Å². The zero-order valence-corrected chi connectivity index (χ0v) is 10.9. The standard InChI is InChI=1S/C12H13F3N2OS/c1-7(10(16)19)11(18)17-6-8-3-2-4-9(5-8)12(13,14)15/h2-5,7H,6H2,1H3,(H2,16,19)(H,17,18). The SMILES string of the molecule is CC(C(=O)NCc1cccc(C(F)(F)F)c1)C(N)=S. The normalized spacial score (nSPS) is 12.8. The van der Waals surface area contributed by atoms with Crippen LogP contribution in [-0.4, -0.2) is 10.9 Å². The molecule has 1 atom stereocenters. The number of nitrogens with two attached hydrogens (primary N) is 1. The van der Waals surface area contributed by atoms with E-state index in [1.54, 1.807) is 0 Å². The third kappa shape index (κ3) is 4.51. The van der Waals surface area contributed by atoms with Crippen molar-refractivity contribution in [2.75, 3.05) is 0 Å². The van der Waals surface area contributed by atoms with Gasteiger partial charge >= 0.3 is 6.18 Å². The highest BCUT2D eigenvalue weighted by Crippen LogP contribution is 2.29. The molecule has 0 aliphatic rings. The second-order valence-corrected chi connectivity index (χ2v) is 4.51. The van der Waals surface area contributed by atoms with Gasteiger partial charge in [-0.2, -0.15) is 13.2 Å². The van der Waals surface area contributed by atoms with Gasteiger partial charge in [-0.1, -0.05) is 24.4 Å². The van der Waals surface area contributed by atoms with Gasteiger partial charge in [0.2, 0.25) is 5.91 Å². The molecule has 0 aliphatic heterocycles. The number of hydrogen-bond acceptors (Lipinski definition) is 2. The van der Waals surface area contributed by atoms with E-state index >= 15 is 0 Å². The van der Waals surface area contributed by atoms with E-state index in [4.69, 9.17) is 5.73 Å². The number of amides is 1. The molecule has 0 saturated heterocycles. The van der Waals surface area contributed by atoms with Crippen LogP contribution in [0.3, 0.4) is 0 Å². The topological polar surface area (TPSA) is 55.1 Å². The molecule has 1 unspecified atom stereocenters. The lowest BCUT2D eigenvalue weighted by Gasteiger charge is -2.12. The van der Waals surface area contributed by atoms with Crippen LogP contribution >= 0.6 is 12.2 Å². The smallest absolute Gasteiger partial charge is 0.393 e. The van der Waals surface area contributed by atoms with Gasteiger partial charge in [0.25, 0.3) is 0 Å². The molecule has 0 heterocycles. The molecule has 0 aliphatic carbocycles. The summed E-state index contributed by atoms with van der Waals surface area (Å²) in [6.07, 6.45) is -4.40. The number of halogens is 3. The van der Waals surface area contributed by atoms with Crippen molar-refractivity contribution in [3.05, 3.63) is 35.4 Å². The predicted molar refractivity (Wildman–Crippen MR) is 69.2 cm³/mol. The first-order chi connectivity index (χ1) is 8.71. The number of benzene rings is 1. The Kier molecular flexibility index (Phi) is 4.88. The van der Waals surface area contributed by atoms with Crippen LogP contribution in [-0.2, 0) is 17.5 Å². The first-order valence-corrected chi connectivity index (χ1v) is 5.86. The second kappa shape index (κ2) is 6.01. The maximum Gasteiger partial charge on any atom is 0.416 e. The van der Waals surface area contributed by atoms with Gasteiger partial charge < -0.3 is 11.1 Å². The van der Waals surface area contributed by atoms with Crippen LogP contribution in [0, 0.1) is 5.92 Å². The Balaban J connectivity index is 2.69. The van der Waals surface area contributed by atoms with Crippen molar-refractivity contribution in [1.29, 1.82) is 0 Å². The minimum Gasteiger partial charge on any atom is -0.393 e. The van der Waals surface area contributed by atoms with E-state index in [1.165, 1.54) is 19.1 Å². The van der Waals surface area contributed by atoms with Crippen molar-refractivity contribution >= 4 is 23.1 Å². The van der Waals surface area contributed by atoms with Crippen LogP contribution in [0.5, 0.6) is 0 Å². The molecule has 0 bridgehead atoms. The summed E-state index contributed by atoms with van der Waals surface area (Å²) in [6, 6.07) is 4.76. The fraction of sp³-hybridized carbons (Fsp3) is 0.333. The van der Waals surface area contributed by atoms with Crippen molar-refractivity contribution in [3.8, 4) is 0 Å². The van der Waals surface area contributed by atoms with E-state index in [9.17, 15) is 18.0 Å². The Morgan fingerprint density at radius 1 is 1.47 bits per heavy atom. The maximum atomic E-state index is 12.5. The third-order valence-electron chi connectivity index (χ3n) is 2.54. The first-order valence-electron chi connectivity index (χ1n) is 5.45. The van der Waals surface area contributed by atoms with E-state index in [-0.39, 0.29) is 11.5 Å². The van der Waals surface area contributed by atoms with Crippen molar-refractivity contribution in [2.45, 2.75) is 19.6 Å². The first kappa shape index (κ1) is 15.4. The van der Waals surface area contributed by atoms with E-state index in [0.29, 0.717) is 5.56 Å². The van der Waals surface area contributed by atoms with Crippen molar-refractivity contribution < 1.29 is 18.0 Å². The molecule has 104 valence electrons. The Morgan fingerprint density at radius 3 is 2.63 bits per heavy atom. The highest BCUT2D eigenvalue weighted by atomic mass is 32.1. The van der Waals surface area contributed by atoms with E-state index in [2.05, 4.69) is 17.5 Å². The van der Waals surface area contributed by atoms with Gasteiger partial charge in [-0.15, -0.1) is 0 Å². The number of carbonyl (C=O) groups is 1. The number of carbonyl (C=O) groups excluding carboxylic acids is 1. The lowest BCUT2D eigenvalue weighted by molar-refractivity contribution is -0.137. The van der Waals surface area contributed by atoms with E-state index < -0.39 is 23.6 Å². The zero-order valence-electron chi connectivity index (χ0n) is 10.1. The van der Waals surface area contributed by atoms with E-state index in [1.807, 2.05) is 0 Å². The predicted octanol–water partition coefficient (Wildman–Crippen LogP) is 2.24. The van der Waals surface area contributed by atoms with Gasteiger partial charge in [-0.25, -0.2) is 0 Å². The maximum absolute atomic E-state index is 12.5. The fourth-order valence-electron chi connectivity index (χ4n) is 1.33. The van der Waals surface area contributed by atoms with Crippen LogP contribution in [0.15, 0.2) is 24.3 Å². The van der Waals surface area contributed by atoms with Crippen molar-refractivity contribution in [1.82, 2.24) is 5.32 Å². The zero-order chi connectivity index (χ0) is 14.6. The summed E-state index contributed by atoms with van der Waals surface area (Å²) in [6.45, 7) is 1.53. The highest BCUT2D eigenvalue weighted by molar-refractivity contribution is 7.80. The molecule has 1 aromatic rings. The van der Waals surface area contributed by atoms with E-state index in [0.717, 1.165) is 12.1 Å². The second-order valence-electron chi connectivity index (χ2n) is 4.04. The van der Waals surface area contributed by atoms with Crippen LogP contribution in [0.25, 0.3) is 0 Å². The Bertz CT molecular complexity index is 488. The van der Waals surface area contributed by atoms with Gasteiger partial charge in [-0.3, -0.25) is 4.79 Å². The number of alkyl halides is 3. The minimum atomic E-state index is -4.40. The minimum absolute atomic E-state index is 0.00426. The number of nitrogens with one attached hydrogen (secondary N) is 1. The van der Waals surface area contributed by atoms with Crippen LogP contribution in [0.4, 0.5) is 13.2 Å². The van der Waals surface area contributed by atoms with Crippen molar-refractivity contribution in [3.63, 3.8) is 0 Å². The van der Waals surface area contributed by atoms with Crippen LogP contribution in [0.1, 0.15) is 18.1 Å². The molecule has 0 aromatic heterocycles. The van der Waals surface area contributed by atoms with Gasteiger partial charge in [0.15, 0.2) is 0 Å². The summed E-state index contributed by atoms with van der Waals surface area (Å²) in [5.41, 5.74) is 4.92. The van der Waals surface area contributed by atoms with Gasteiger partial charge in [-0.05, 0) is 24.6 Å². The quantitative estimate of drug-likeness (QED) is 0.836. The number of thiocarbonyl (C=S) groups is 1. The molecule has 1 amide bonds. The fourth-order valence-corrected chi connectivity index (χ4v) is 1.44. The Hall–Kier alpha value is -1.63. The summed E-state index contributed by atoms with van der Waals surface area (Å²) < 4.78 is 37.4. The summed E-state index contributed by atoms with van der Waals surface area (Å²) in [4.78, 5) is 11.6. The summed E-state index contributed by atoms with van der Waals surface area (Å²) in [5, 5.41) is 2.48. The molecule has 0 saturated carbocycles. The van der Waals surface area contributed by atoms with Crippen molar-refractivity contribution in [2.24, 2.45) is 11.7 Å². The monoisotopic (exact) mass is 290 g/mol. The molecule has 1 aromatic carbocycles. The number of hydrogen-bond donors (Lipinski definition) is 2. The Labute approximate surface area is 114 Å². The molecule has 7 heteroatoms. The molecule has 0 fully saturated rings. The molecule has 0 radical (unpaired) electrons. The lowest BCUT2D eigenvalue weighted by Crippen LogP contribution is -2.35. The van der Waals surface area contributed by atoms with Gasteiger partial charge in [0, 0.05) is 6.54 Å². The van der Waals surface area contributed by atoms with Gasteiger partial charge in [0.1, 0.15) is 0 Å². The van der Waals surface area contributed by atoms with Crippen LogP contribution in [0.2, 0.25) is 0 Å². The summed E-state index contributed by atoms with van der Waals surface area (Å²) in [5.74, 6) is -1.06. The summed E-state index contributed by atoms with van der Waals surface area (Å²) in [7, 11) is 0. The third-order valence-corrected chi connectivity index (χ3v) is 2.89. The average molecular weight is 290 g/mol. The molecule has 19 heavy (non-hydrogen) atoms. The largest absolute Gasteiger partial charge is 0.416 e. The molecular formula is C12H13F3N2OS. The highest BCUT2D eigenvalue weighted by Gasteiger charge is 2.30. The lowest BCUT2D eigenvalue weighted by atomic mass is 10.1. The number of rotatable bonds is 4. The molecule has 3 N–H and O–H groups in total. The Morgan fingerprint density at radius 2 is 2.11 bits per heavy atom. The molecule has 3 nitrogen and oxygen atoms in total. The molecular weight excluding hydrogens is 277 g/mol. The average Bonchev–Trinajstić information content (AvgIpc) is 2.34. The molecule has 1 rings (SSSR count). The van der Waals surface area contributed by atoms with Gasteiger partial charge in [0.05, 0.1) is 16.5 Å².